The highest BCUT2D eigenvalue weighted by atomic mass is 16.6. The molecule has 0 unspecified atom stereocenters. The lowest BCUT2D eigenvalue weighted by Gasteiger charge is -2.32. The first-order chi connectivity index (χ1) is 47.3. The molecule has 1 saturated carbocycles. The van der Waals surface area contributed by atoms with Gasteiger partial charge in [0, 0.05) is 80.2 Å². The van der Waals surface area contributed by atoms with Crippen molar-refractivity contribution in [3.63, 3.8) is 0 Å². The van der Waals surface area contributed by atoms with Crippen LogP contribution in [-0.4, -0.2) is 260 Å². The second-order valence-electron chi connectivity index (χ2n) is 23.9. The number of imidazole rings is 3. The standard InChI is InChI=1S/C28H46N10O5.C21H26N6O5.C13H20N6O4/c1-6-30-26(41)22-20(39)21(40)28(43-22)38-15-34-19-23(29-5)35-24(36-25(19)38)27(42)33-12-11-31-17(4)32-13-14-37(16(2)3)18-9-7-8-10-18;1-22-19-16-20(27(11-24-16)21-18(30)17(29)13(32-21)10-31-2)26-14(25-19)9-23-15(28)8-12-6-4-3-5-7-12;1-15-11-8-12(18-7(3-14)17-11)19(5-16-8)13-10(21)9(20)6(23-13)4-22-2/h15-16,18,20-22,28,31-32,39-40H,4,6-14H2,1-3,5H3,(H,30,41)(H,33,42)(H,29,35,36);3-7,11,13,17-18,21,29-30H,8-10H2,1-2H3,(H,23,28)(H,22,25,26);5-6,9-10,13,20-21H,3-4,14H2,1-2H3,(H,15,17,18)/t20-,21+,22-,28+;13-,17-,18-,21-;6-,9-,10-,13-/m011/s1. The fourth-order valence-electron chi connectivity index (χ4n) is 12.1. The number of hydrogen-bond donors (Lipinski definition) is 15. The summed E-state index contributed by atoms with van der Waals surface area (Å²) in [5, 5.41) is 85.8. The van der Waals surface area contributed by atoms with Gasteiger partial charge >= 0.3 is 0 Å². The number of rotatable bonds is 28. The molecular weight excluding hydrogens is 1280 g/mol. The van der Waals surface area contributed by atoms with Crippen LogP contribution in [0.1, 0.15) is 93.0 Å². The molecular formula is C62H92N22O14. The Morgan fingerprint density at radius 1 is 0.633 bits per heavy atom. The van der Waals surface area contributed by atoms with E-state index in [9.17, 15) is 45.0 Å². The van der Waals surface area contributed by atoms with Gasteiger partial charge in [0.25, 0.3) is 11.8 Å². The minimum absolute atomic E-state index is 0.116. The van der Waals surface area contributed by atoms with Crippen LogP contribution in [0.4, 0.5) is 17.5 Å². The third-order valence-electron chi connectivity index (χ3n) is 17.0. The van der Waals surface area contributed by atoms with Crippen LogP contribution in [0.3, 0.4) is 0 Å². The van der Waals surface area contributed by atoms with Crippen LogP contribution in [-0.2, 0) is 52.8 Å². The number of carbonyl (C=O) groups excluding carboxylic acids is 3. The smallest absolute Gasteiger partial charge is 0.289 e. The van der Waals surface area contributed by atoms with Crippen molar-refractivity contribution in [3.8, 4) is 0 Å². The molecule has 36 nitrogen and oxygen atoms in total. The van der Waals surface area contributed by atoms with Gasteiger partial charge < -0.3 is 103 Å². The van der Waals surface area contributed by atoms with Crippen LogP contribution in [0.15, 0.2) is 61.7 Å². The number of likely N-dealkylation sites (N-methyl/N-ethyl adjacent to an activating group) is 1. The van der Waals surface area contributed by atoms with Crippen LogP contribution in [0.25, 0.3) is 33.5 Å². The first-order valence-corrected chi connectivity index (χ1v) is 32.5. The maximum atomic E-state index is 13.0. The van der Waals surface area contributed by atoms with Gasteiger partial charge in [-0.25, -0.2) is 44.9 Å². The van der Waals surface area contributed by atoms with Crippen LogP contribution < -0.4 is 48.3 Å². The van der Waals surface area contributed by atoms with E-state index in [2.05, 4.69) is 113 Å². The van der Waals surface area contributed by atoms with Crippen LogP contribution in [0.2, 0.25) is 0 Å². The fraction of sp³-hybridized carbons (Fsp3) is 0.581. The van der Waals surface area contributed by atoms with E-state index in [0.29, 0.717) is 94.5 Å². The van der Waals surface area contributed by atoms with Gasteiger partial charge in [0.1, 0.15) is 54.7 Å². The van der Waals surface area contributed by atoms with Gasteiger partial charge in [0.15, 0.2) is 81.6 Å². The number of hydrogen-bond acceptors (Lipinski definition) is 30. The summed E-state index contributed by atoms with van der Waals surface area (Å²) in [6.45, 7) is 13.6. The minimum Gasteiger partial charge on any atom is -0.387 e. The third-order valence-corrected chi connectivity index (χ3v) is 17.0. The Labute approximate surface area is 564 Å². The molecule has 9 heterocycles. The average molecular weight is 1370 g/mol. The maximum Gasteiger partial charge on any atom is 0.289 e. The summed E-state index contributed by atoms with van der Waals surface area (Å²) in [7, 11) is 8.06. The molecule has 1 aromatic carbocycles. The number of ether oxygens (including phenoxy) is 5. The summed E-state index contributed by atoms with van der Waals surface area (Å²) >= 11 is 0. The predicted molar refractivity (Wildman–Crippen MR) is 356 cm³/mol. The van der Waals surface area contributed by atoms with Gasteiger partial charge in [-0.2, -0.15) is 0 Å². The number of nitrogens with two attached hydrogens (primary N) is 1. The molecule has 3 amide bonds. The number of anilines is 3. The minimum atomic E-state index is -1.46. The first kappa shape index (κ1) is 73.7. The van der Waals surface area contributed by atoms with Gasteiger partial charge in [-0.1, -0.05) is 49.8 Å². The van der Waals surface area contributed by atoms with Gasteiger partial charge in [-0.3, -0.25) is 33.0 Å². The number of methoxy groups -OCH3 is 2. The number of nitrogens with zero attached hydrogens (tertiary/aromatic N) is 13. The Hall–Kier alpha value is -8.50. The van der Waals surface area contributed by atoms with Crippen LogP contribution in [0, 0.1) is 0 Å². The normalized spacial score (nSPS) is 23.8. The summed E-state index contributed by atoms with van der Waals surface area (Å²) in [5.74, 6) is 1.47. The van der Waals surface area contributed by atoms with E-state index in [-0.39, 0.29) is 50.1 Å². The Bertz CT molecular complexity index is 3780. The molecule has 4 fully saturated rings. The molecule has 3 aliphatic heterocycles. The lowest BCUT2D eigenvalue weighted by molar-refractivity contribution is -0.137. The number of aliphatic hydroxyl groups is 6. The highest BCUT2D eigenvalue weighted by Crippen LogP contribution is 2.36. The van der Waals surface area contributed by atoms with E-state index in [1.54, 1.807) is 37.2 Å². The Morgan fingerprint density at radius 3 is 1.64 bits per heavy atom. The number of nitrogens with one attached hydrogen (secondary N) is 8. The molecule has 0 spiro atoms. The zero-order valence-corrected chi connectivity index (χ0v) is 56.1. The molecule has 6 aromatic heterocycles. The summed E-state index contributed by atoms with van der Waals surface area (Å²) in [6.07, 6.45) is -3.08. The van der Waals surface area contributed by atoms with Crippen LogP contribution in [0.5, 0.6) is 0 Å². The SMILES string of the molecule is C=C(NCCNC(=O)c1nc(NC)c2ncn([C@@H]3O[C@H](C(=O)NCC)[C@@H](O)[C@H]3O)c2n1)NCCN(C(C)C)C1CCCC1.CNc1nc(CN)nc2c1ncn2[C@@H]1O[C@H](COC)[C@@H](O)[C@H]1O.CNc1nc(CNC(=O)Cc2ccccc2)nc2c1ncn2[C@@H]1O[C@H](COC)[C@@H](O)[C@H]1O. The maximum absolute atomic E-state index is 13.0. The van der Waals surface area contributed by atoms with Gasteiger partial charge in [-0.15, -0.1) is 0 Å². The monoisotopic (exact) mass is 1370 g/mol. The molecule has 12 atom stereocenters. The molecule has 11 rings (SSSR count). The van der Waals surface area contributed by atoms with Crippen molar-refractivity contribution in [2.75, 3.05) is 97.3 Å². The van der Waals surface area contributed by atoms with E-state index in [1.807, 2.05) is 30.3 Å². The van der Waals surface area contributed by atoms with Crippen molar-refractivity contribution in [2.24, 2.45) is 5.73 Å². The number of aromatic nitrogens is 12. The van der Waals surface area contributed by atoms with Crippen molar-refractivity contribution in [2.45, 2.75) is 152 Å². The second kappa shape index (κ2) is 34.3. The number of carbonyl (C=O) groups is 3. The first-order valence-electron chi connectivity index (χ1n) is 32.5. The van der Waals surface area contributed by atoms with Crippen molar-refractivity contribution in [1.82, 2.24) is 90.0 Å². The summed E-state index contributed by atoms with van der Waals surface area (Å²) in [4.78, 5) is 79.3. The van der Waals surface area contributed by atoms with E-state index >= 15 is 0 Å². The molecule has 1 aliphatic carbocycles. The van der Waals surface area contributed by atoms with E-state index in [1.165, 1.54) is 63.5 Å². The summed E-state index contributed by atoms with van der Waals surface area (Å²) in [6, 6.07) is 10.6. The number of amides is 3. The molecule has 0 radical (unpaired) electrons. The number of fused-ring (bicyclic) bond motifs is 3. The average Bonchev–Trinajstić information content (AvgIpc) is 1.62. The van der Waals surface area contributed by atoms with E-state index < -0.39 is 85.4 Å². The van der Waals surface area contributed by atoms with Gasteiger partial charge in [-0.05, 0) is 39.2 Å². The molecule has 0 bridgehead atoms. The number of aliphatic hydroxyl groups excluding tert-OH is 6. The van der Waals surface area contributed by atoms with Crippen molar-refractivity contribution < 1.29 is 68.7 Å². The Kier molecular flexibility index (Phi) is 25.8. The summed E-state index contributed by atoms with van der Waals surface area (Å²) in [5.41, 5.74) is 8.96. The van der Waals surface area contributed by atoms with Gasteiger partial charge in [0.05, 0.1) is 57.5 Å². The Morgan fingerprint density at radius 2 is 1.12 bits per heavy atom. The lowest BCUT2D eigenvalue weighted by atomic mass is 10.1. The number of benzene rings is 1. The largest absolute Gasteiger partial charge is 0.387 e. The zero-order chi connectivity index (χ0) is 70.3. The highest BCUT2D eigenvalue weighted by molar-refractivity contribution is 5.94. The molecule has 36 heteroatoms. The van der Waals surface area contributed by atoms with Crippen LogP contribution >= 0.6 is 0 Å². The highest BCUT2D eigenvalue weighted by Gasteiger charge is 2.49. The van der Waals surface area contributed by atoms with Crippen molar-refractivity contribution >= 4 is 68.7 Å². The second-order valence-corrected chi connectivity index (χ2v) is 23.9. The topological polar surface area (TPSA) is 475 Å². The predicted octanol–water partition coefficient (Wildman–Crippen LogP) is -1.76. The third kappa shape index (κ3) is 17.0. The zero-order valence-electron chi connectivity index (χ0n) is 56.1. The van der Waals surface area contributed by atoms with E-state index in [0.717, 1.165) is 18.7 Å². The quantitative estimate of drug-likeness (QED) is 0.0242. The molecule has 16 N–H and O–H groups in total. The molecule has 534 valence electrons. The van der Waals surface area contributed by atoms with Crippen molar-refractivity contribution in [3.05, 3.63) is 84.8 Å². The van der Waals surface area contributed by atoms with Crippen molar-refractivity contribution in [1.29, 1.82) is 0 Å². The van der Waals surface area contributed by atoms with E-state index in [4.69, 9.17) is 29.4 Å². The molecule has 4 aliphatic rings. The fourth-order valence-corrected chi connectivity index (χ4v) is 12.1. The molecule has 3 saturated heterocycles. The Balaban J connectivity index is 0.000000180. The molecule has 98 heavy (non-hydrogen) atoms. The summed E-state index contributed by atoms with van der Waals surface area (Å²) < 4.78 is 31.8. The lowest BCUT2D eigenvalue weighted by Crippen LogP contribution is -2.43. The molecule has 7 aromatic rings. The van der Waals surface area contributed by atoms with Gasteiger partial charge in [0.2, 0.25) is 11.7 Å².